The number of aliphatic carboxylic acids is 1. The standard InChI is InChI=1S/C27H24FN3O5/c1-35-23-9-6-10-24(36-2)25(23)22-16-20(30-31(22)19-13-11-18(28)12-14-19)26(32)29-21(27(33)34)15-17-7-4-3-5-8-17/h3-14,16,21H,15H2,1-2H3,(H,29,32)(H,33,34)/t21-/m0/s1. The van der Waals surface area contributed by atoms with Crippen molar-refractivity contribution in [3.05, 3.63) is 95.9 Å². The van der Waals surface area contributed by atoms with Gasteiger partial charge in [-0.1, -0.05) is 36.4 Å². The molecule has 1 heterocycles. The largest absolute Gasteiger partial charge is 0.496 e. The number of methoxy groups -OCH3 is 2. The third kappa shape index (κ3) is 5.20. The summed E-state index contributed by atoms with van der Waals surface area (Å²) in [5.74, 6) is -1.33. The van der Waals surface area contributed by atoms with E-state index >= 15 is 0 Å². The fraction of sp³-hybridized carbons (Fsp3) is 0.148. The van der Waals surface area contributed by atoms with E-state index in [1.807, 2.05) is 6.07 Å². The van der Waals surface area contributed by atoms with Gasteiger partial charge >= 0.3 is 5.97 Å². The van der Waals surface area contributed by atoms with Crippen LogP contribution in [-0.4, -0.2) is 47.0 Å². The molecule has 2 N–H and O–H groups in total. The summed E-state index contributed by atoms with van der Waals surface area (Å²) < 4.78 is 26.1. The molecule has 0 bridgehead atoms. The predicted molar refractivity (Wildman–Crippen MR) is 131 cm³/mol. The van der Waals surface area contributed by atoms with Crippen molar-refractivity contribution in [2.24, 2.45) is 0 Å². The number of carbonyl (C=O) groups is 2. The lowest BCUT2D eigenvalue weighted by molar-refractivity contribution is -0.139. The molecule has 0 spiro atoms. The van der Waals surface area contributed by atoms with Gasteiger partial charge in [-0.15, -0.1) is 0 Å². The molecule has 8 nitrogen and oxygen atoms in total. The first-order valence-electron chi connectivity index (χ1n) is 11.1. The topological polar surface area (TPSA) is 103 Å². The van der Waals surface area contributed by atoms with E-state index in [2.05, 4.69) is 10.4 Å². The summed E-state index contributed by atoms with van der Waals surface area (Å²) in [5, 5.41) is 16.7. The third-order valence-electron chi connectivity index (χ3n) is 5.58. The molecule has 0 unspecified atom stereocenters. The highest BCUT2D eigenvalue weighted by molar-refractivity contribution is 5.96. The number of halogens is 1. The average molecular weight is 490 g/mol. The van der Waals surface area contributed by atoms with Crippen molar-refractivity contribution in [2.75, 3.05) is 14.2 Å². The van der Waals surface area contributed by atoms with E-state index in [4.69, 9.17) is 9.47 Å². The number of hydrogen-bond donors (Lipinski definition) is 2. The first kappa shape index (κ1) is 24.5. The molecule has 36 heavy (non-hydrogen) atoms. The van der Waals surface area contributed by atoms with Gasteiger partial charge in [-0.2, -0.15) is 5.10 Å². The highest BCUT2D eigenvalue weighted by Crippen LogP contribution is 2.39. The van der Waals surface area contributed by atoms with Crippen LogP contribution in [0.5, 0.6) is 11.5 Å². The zero-order chi connectivity index (χ0) is 25.7. The molecule has 0 aliphatic rings. The number of aromatic nitrogens is 2. The summed E-state index contributed by atoms with van der Waals surface area (Å²) in [5.41, 5.74) is 2.19. The number of ether oxygens (including phenoxy) is 2. The summed E-state index contributed by atoms with van der Waals surface area (Å²) in [6.45, 7) is 0. The molecule has 4 rings (SSSR count). The maximum atomic E-state index is 13.6. The highest BCUT2D eigenvalue weighted by Gasteiger charge is 2.26. The molecule has 3 aromatic carbocycles. The summed E-state index contributed by atoms with van der Waals surface area (Å²) >= 11 is 0. The average Bonchev–Trinajstić information content (AvgIpc) is 3.34. The number of nitrogens with zero attached hydrogens (tertiary/aromatic N) is 2. The number of carbonyl (C=O) groups excluding carboxylic acids is 1. The molecule has 0 fully saturated rings. The Bertz CT molecular complexity index is 1350. The number of carboxylic acid groups (broad SMARTS) is 1. The maximum Gasteiger partial charge on any atom is 0.326 e. The van der Waals surface area contributed by atoms with Gasteiger partial charge in [-0.3, -0.25) is 4.79 Å². The van der Waals surface area contributed by atoms with Crippen molar-refractivity contribution in [1.29, 1.82) is 0 Å². The third-order valence-corrected chi connectivity index (χ3v) is 5.58. The Morgan fingerprint density at radius 2 is 1.61 bits per heavy atom. The van der Waals surface area contributed by atoms with Crippen LogP contribution < -0.4 is 14.8 Å². The molecule has 1 aromatic heterocycles. The molecule has 4 aromatic rings. The van der Waals surface area contributed by atoms with Crippen molar-refractivity contribution in [2.45, 2.75) is 12.5 Å². The van der Waals surface area contributed by atoms with Crippen LogP contribution in [-0.2, 0) is 11.2 Å². The summed E-state index contributed by atoms with van der Waals surface area (Å²) in [6, 6.07) is 20.2. The molecule has 1 atom stereocenters. The lowest BCUT2D eigenvalue weighted by Gasteiger charge is -2.14. The van der Waals surface area contributed by atoms with Crippen LogP contribution in [0.25, 0.3) is 16.9 Å². The van der Waals surface area contributed by atoms with Crippen molar-refractivity contribution in [1.82, 2.24) is 15.1 Å². The summed E-state index contributed by atoms with van der Waals surface area (Å²) in [4.78, 5) is 25.0. The van der Waals surface area contributed by atoms with Gasteiger partial charge in [0, 0.05) is 6.42 Å². The fourth-order valence-electron chi connectivity index (χ4n) is 3.83. The predicted octanol–water partition coefficient (Wildman–Crippen LogP) is 4.12. The van der Waals surface area contributed by atoms with Gasteiger partial charge in [0.05, 0.1) is 31.2 Å². The molecule has 184 valence electrons. The number of benzene rings is 3. The van der Waals surface area contributed by atoms with Crippen LogP contribution in [0.15, 0.2) is 78.9 Å². The number of rotatable bonds is 9. The first-order valence-corrected chi connectivity index (χ1v) is 11.1. The van der Waals surface area contributed by atoms with Crippen LogP contribution in [0.4, 0.5) is 4.39 Å². The van der Waals surface area contributed by atoms with Gasteiger partial charge < -0.3 is 19.9 Å². The second-order valence-corrected chi connectivity index (χ2v) is 7.89. The second-order valence-electron chi connectivity index (χ2n) is 7.89. The van der Waals surface area contributed by atoms with E-state index < -0.39 is 23.7 Å². The zero-order valence-electron chi connectivity index (χ0n) is 19.6. The van der Waals surface area contributed by atoms with Crippen molar-refractivity contribution >= 4 is 11.9 Å². The van der Waals surface area contributed by atoms with Gasteiger partial charge in [-0.05, 0) is 48.0 Å². The van der Waals surface area contributed by atoms with E-state index in [1.54, 1.807) is 42.5 Å². The Balaban J connectivity index is 1.76. The van der Waals surface area contributed by atoms with Crippen molar-refractivity contribution < 1.29 is 28.6 Å². The van der Waals surface area contributed by atoms with Gasteiger partial charge in [0.15, 0.2) is 5.69 Å². The molecule has 9 heteroatoms. The van der Waals surface area contributed by atoms with E-state index in [0.717, 1.165) is 5.56 Å². The monoisotopic (exact) mass is 489 g/mol. The quantitative estimate of drug-likeness (QED) is 0.367. The highest BCUT2D eigenvalue weighted by atomic mass is 19.1. The Kier molecular flexibility index (Phi) is 7.29. The van der Waals surface area contributed by atoms with Gasteiger partial charge in [0.1, 0.15) is 23.4 Å². The lowest BCUT2D eigenvalue weighted by atomic mass is 10.1. The van der Waals surface area contributed by atoms with Crippen LogP contribution >= 0.6 is 0 Å². The summed E-state index contributed by atoms with van der Waals surface area (Å²) in [6.07, 6.45) is 0.105. The van der Waals surface area contributed by atoms with E-state index in [0.29, 0.717) is 28.4 Å². The Morgan fingerprint density at radius 3 is 2.19 bits per heavy atom. The molecule has 0 radical (unpaired) electrons. The first-order chi connectivity index (χ1) is 17.4. The SMILES string of the molecule is COc1cccc(OC)c1-c1cc(C(=O)N[C@@H](Cc2ccccc2)C(=O)O)nn1-c1ccc(F)cc1. The van der Waals surface area contributed by atoms with Crippen LogP contribution in [0, 0.1) is 5.82 Å². The smallest absolute Gasteiger partial charge is 0.326 e. The van der Waals surface area contributed by atoms with Gasteiger partial charge in [0.25, 0.3) is 5.91 Å². The molecular weight excluding hydrogens is 465 g/mol. The van der Waals surface area contributed by atoms with Crippen LogP contribution in [0.1, 0.15) is 16.1 Å². The minimum Gasteiger partial charge on any atom is -0.496 e. The minimum atomic E-state index is -1.17. The van der Waals surface area contributed by atoms with Gasteiger partial charge in [0.2, 0.25) is 0 Å². The van der Waals surface area contributed by atoms with Crippen molar-refractivity contribution in [3.8, 4) is 28.4 Å². The molecular formula is C27H24FN3O5. The minimum absolute atomic E-state index is 0.0263. The fourth-order valence-corrected chi connectivity index (χ4v) is 3.83. The molecule has 0 saturated heterocycles. The maximum absolute atomic E-state index is 13.6. The number of nitrogens with one attached hydrogen (secondary N) is 1. The molecule has 0 saturated carbocycles. The Hall–Kier alpha value is -4.66. The lowest BCUT2D eigenvalue weighted by Crippen LogP contribution is -2.42. The van der Waals surface area contributed by atoms with E-state index in [9.17, 15) is 19.1 Å². The van der Waals surface area contributed by atoms with E-state index in [-0.39, 0.29) is 12.1 Å². The van der Waals surface area contributed by atoms with Crippen LogP contribution in [0.2, 0.25) is 0 Å². The molecule has 0 aliphatic carbocycles. The zero-order valence-corrected chi connectivity index (χ0v) is 19.6. The van der Waals surface area contributed by atoms with E-state index in [1.165, 1.54) is 49.2 Å². The Morgan fingerprint density at radius 1 is 0.972 bits per heavy atom. The molecule has 1 amide bonds. The number of amides is 1. The van der Waals surface area contributed by atoms with Crippen LogP contribution in [0.3, 0.4) is 0 Å². The van der Waals surface area contributed by atoms with Crippen molar-refractivity contribution in [3.63, 3.8) is 0 Å². The Labute approximate surface area is 206 Å². The normalized spacial score (nSPS) is 11.5. The second kappa shape index (κ2) is 10.7. The number of carboxylic acids is 1. The van der Waals surface area contributed by atoms with Gasteiger partial charge in [-0.25, -0.2) is 13.9 Å². The molecule has 0 aliphatic heterocycles. The number of hydrogen-bond acceptors (Lipinski definition) is 5. The summed E-state index contributed by atoms with van der Waals surface area (Å²) in [7, 11) is 3.01.